The van der Waals surface area contributed by atoms with E-state index in [2.05, 4.69) is 41.5 Å². The van der Waals surface area contributed by atoms with Crippen LogP contribution in [0.25, 0.3) is 10.2 Å². The van der Waals surface area contributed by atoms with Gasteiger partial charge in [-0.05, 0) is 57.2 Å². The summed E-state index contributed by atoms with van der Waals surface area (Å²) in [7, 11) is 0. The van der Waals surface area contributed by atoms with Crippen molar-refractivity contribution in [2.75, 3.05) is 19.8 Å². The molecule has 0 amide bonds. The van der Waals surface area contributed by atoms with Gasteiger partial charge in [0, 0.05) is 24.1 Å². The topological polar surface area (TPSA) is 56.1 Å². The summed E-state index contributed by atoms with van der Waals surface area (Å²) < 4.78 is 7.16. The molecule has 1 aromatic carbocycles. The molecular formula is C23H29N3O2S. The molecule has 29 heavy (non-hydrogen) atoms. The van der Waals surface area contributed by atoms with Gasteiger partial charge in [0.15, 0.2) is 0 Å². The number of rotatable bonds is 8. The molecule has 6 heteroatoms. The summed E-state index contributed by atoms with van der Waals surface area (Å²) in [5.41, 5.74) is 3.67. The summed E-state index contributed by atoms with van der Waals surface area (Å²) in [4.78, 5) is 20.0. The molecule has 1 aliphatic rings. The van der Waals surface area contributed by atoms with Crippen LogP contribution in [0.15, 0.2) is 35.4 Å². The van der Waals surface area contributed by atoms with E-state index < -0.39 is 0 Å². The number of hydrogen-bond acceptors (Lipinski definition) is 5. The van der Waals surface area contributed by atoms with Gasteiger partial charge in [-0.3, -0.25) is 9.36 Å². The average Bonchev–Trinajstić information content (AvgIpc) is 3.10. The molecular weight excluding hydrogens is 382 g/mol. The monoisotopic (exact) mass is 411 g/mol. The van der Waals surface area contributed by atoms with Gasteiger partial charge in [-0.1, -0.05) is 29.8 Å². The predicted molar refractivity (Wildman–Crippen MR) is 119 cm³/mol. The highest BCUT2D eigenvalue weighted by molar-refractivity contribution is 7.18. The summed E-state index contributed by atoms with van der Waals surface area (Å²) in [5.74, 6) is 0. The molecule has 0 aliphatic heterocycles. The SMILES string of the molecule is CCOCCCN[C@H]1CCc2c(sc3ncn(Cc4ccc(C)cc4)c(=O)c23)C1. The molecule has 1 N–H and O–H groups in total. The lowest BCUT2D eigenvalue weighted by Gasteiger charge is -2.23. The van der Waals surface area contributed by atoms with E-state index in [0.29, 0.717) is 12.6 Å². The number of nitrogens with zero attached hydrogens (tertiary/aromatic N) is 2. The Morgan fingerprint density at radius 1 is 1.31 bits per heavy atom. The van der Waals surface area contributed by atoms with Crippen molar-refractivity contribution >= 4 is 21.6 Å². The van der Waals surface area contributed by atoms with Crippen molar-refractivity contribution in [3.8, 4) is 0 Å². The molecule has 0 radical (unpaired) electrons. The van der Waals surface area contributed by atoms with Gasteiger partial charge >= 0.3 is 0 Å². The van der Waals surface area contributed by atoms with Gasteiger partial charge in [0.25, 0.3) is 5.56 Å². The van der Waals surface area contributed by atoms with Crippen LogP contribution in [0.3, 0.4) is 0 Å². The molecule has 2 heterocycles. The Labute approximate surface area is 175 Å². The molecule has 2 aromatic heterocycles. The van der Waals surface area contributed by atoms with Gasteiger partial charge in [-0.25, -0.2) is 4.98 Å². The second-order valence-corrected chi connectivity index (χ2v) is 8.88. The number of aryl methyl sites for hydroxylation is 2. The fourth-order valence-electron chi connectivity index (χ4n) is 4.00. The zero-order valence-electron chi connectivity index (χ0n) is 17.2. The number of nitrogens with one attached hydrogen (secondary N) is 1. The Kier molecular flexibility index (Phi) is 6.43. The highest BCUT2D eigenvalue weighted by Gasteiger charge is 2.25. The normalized spacial score (nSPS) is 16.3. The summed E-state index contributed by atoms with van der Waals surface area (Å²) >= 11 is 1.69. The number of aromatic nitrogens is 2. The molecule has 0 bridgehead atoms. The molecule has 0 fully saturated rings. The maximum absolute atomic E-state index is 13.2. The minimum atomic E-state index is 0.0937. The van der Waals surface area contributed by atoms with Crippen molar-refractivity contribution < 1.29 is 4.74 Å². The zero-order chi connectivity index (χ0) is 20.2. The van der Waals surface area contributed by atoms with E-state index in [4.69, 9.17) is 4.74 Å². The number of hydrogen-bond donors (Lipinski definition) is 1. The number of thiophene rings is 1. The number of fused-ring (bicyclic) bond motifs is 3. The quantitative estimate of drug-likeness (QED) is 0.575. The van der Waals surface area contributed by atoms with Crippen LogP contribution in [0.4, 0.5) is 0 Å². The second-order valence-electron chi connectivity index (χ2n) is 7.79. The molecule has 3 aromatic rings. The van der Waals surface area contributed by atoms with Crippen LogP contribution >= 0.6 is 11.3 Å². The molecule has 0 spiro atoms. The Morgan fingerprint density at radius 2 is 2.14 bits per heavy atom. The molecule has 0 saturated carbocycles. The van der Waals surface area contributed by atoms with Gasteiger partial charge in [-0.2, -0.15) is 0 Å². The molecule has 0 saturated heterocycles. The Balaban J connectivity index is 1.50. The molecule has 4 rings (SSSR count). The third kappa shape index (κ3) is 4.60. The maximum atomic E-state index is 13.2. The number of benzene rings is 1. The summed E-state index contributed by atoms with van der Waals surface area (Å²) in [5, 5.41) is 4.49. The smallest absolute Gasteiger partial charge is 0.262 e. The Bertz CT molecular complexity index is 1020. The lowest BCUT2D eigenvalue weighted by Crippen LogP contribution is -2.35. The molecule has 1 atom stereocenters. The predicted octanol–water partition coefficient (Wildman–Crippen LogP) is 3.69. The van der Waals surface area contributed by atoms with Crippen LogP contribution < -0.4 is 10.9 Å². The van der Waals surface area contributed by atoms with Crippen LogP contribution in [0.2, 0.25) is 0 Å². The third-order valence-electron chi connectivity index (χ3n) is 5.61. The van der Waals surface area contributed by atoms with Crippen molar-refractivity contribution in [1.82, 2.24) is 14.9 Å². The molecule has 154 valence electrons. The van der Waals surface area contributed by atoms with Crippen LogP contribution in [0.1, 0.15) is 41.3 Å². The van der Waals surface area contributed by atoms with E-state index in [9.17, 15) is 4.79 Å². The third-order valence-corrected chi connectivity index (χ3v) is 6.77. The second kappa shape index (κ2) is 9.20. The van der Waals surface area contributed by atoms with Crippen LogP contribution in [0, 0.1) is 6.92 Å². The van der Waals surface area contributed by atoms with Crippen molar-refractivity contribution in [3.63, 3.8) is 0 Å². The van der Waals surface area contributed by atoms with Crippen LogP contribution in [-0.2, 0) is 24.1 Å². The molecule has 0 unspecified atom stereocenters. The maximum Gasteiger partial charge on any atom is 0.262 e. The zero-order valence-corrected chi connectivity index (χ0v) is 18.1. The van der Waals surface area contributed by atoms with E-state index in [0.717, 1.165) is 61.2 Å². The molecule has 5 nitrogen and oxygen atoms in total. The van der Waals surface area contributed by atoms with E-state index in [-0.39, 0.29) is 5.56 Å². The van der Waals surface area contributed by atoms with Crippen molar-refractivity contribution in [2.24, 2.45) is 0 Å². The van der Waals surface area contributed by atoms with E-state index in [1.807, 2.05) is 6.92 Å². The van der Waals surface area contributed by atoms with Gasteiger partial charge < -0.3 is 10.1 Å². The standard InChI is InChI=1S/C23H29N3O2S/c1-3-28-12-4-11-24-18-9-10-19-20(13-18)29-22-21(19)23(27)26(15-25-22)14-17-7-5-16(2)6-8-17/h5-8,15,18,24H,3-4,9-14H2,1-2H3/t18-/m0/s1. The van der Waals surface area contributed by atoms with Gasteiger partial charge in [0.1, 0.15) is 4.83 Å². The highest BCUT2D eigenvalue weighted by atomic mass is 32.1. The van der Waals surface area contributed by atoms with E-state index in [1.165, 1.54) is 16.0 Å². The largest absolute Gasteiger partial charge is 0.382 e. The summed E-state index contributed by atoms with van der Waals surface area (Å²) in [6.07, 6.45) is 5.75. The van der Waals surface area contributed by atoms with Crippen molar-refractivity contribution in [2.45, 2.75) is 52.1 Å². The fourth-order valence-corrected chi connectivity index (χ4v) is 5.26. The minimum absolute atomic E-state index is 0.0937. The van der Waals surface area contributed by atoms with Crippen molar-refractivity contribution in [3.05, 3.63) is 62.5 Å². The van der Waals surface area contributed by atoms with E-state index >= 15 is 0 Å². The van der Waals surface area contributed by atoms with Crippen molar-refractivity contribution in [1.29, 1.82) is 0 Å². The van der Waals surface area contributed by atoms with Crippen LogP contribution in [-0.4, -0.2) is 35.4 Å². The fraction of sp³-hybridized carbons (Fsp3) is 0.478. The lowest BCUT2D eigenvalue weighted by atomic mass is 9.93. The van der Waals surface area contributed by atoms with Crippen LogP contribution in [0.5, 0.6) is 0 Å². The summed E-state index contributed by atoms with van der Waals surface area (Å²) in [6, 6.07) is 8.81. The Hall–Kier alpha value is -2.02. The molecule has 1 aliphatic carbocycles. The summed E-state index contributed by atoms with van der Waals surface area (Å²) in [6.45, 7) is 7.24. The first kappa shape index (κ1) is 20.3. The van der Waals surface area contributed by atoms with E-state index in [1.54, 1.807) is 22.2 Å². The Morgan fingerprint density at radius 3 is 2.93 bits per heavy atom. The first-order valence-electron chi connectivity index (χ1n) is 10.5. The highest BCUT2D eigenvalue weighted by Crippen LogP contribution is 2.33. The number of ether oxygens (including phenoxy) is 1. The minimum Gasteiger partial charge on any atom is -0.382 e. The van der Waals surface area contributed by atoms with Gasteiger partial charge in [0.05, 0.1) is 18.3 Å². The first-order chi connectivity index (χ1) is 14.2. The average molecular weight is 412 g/mol. The lowest BCUT2D eigenvalue weighted by molar-refractivity contribution is 0.144. The van der Waals surface area contributed by atoms with Gasteiger partial charge in [0.2, 0.25) is 0 Å². The first-order valence-corrected chi connectivity index (χ1v) is 11.3. The van der Waals surface area contributed by atoms with Gasteiger partial charge in [-0.15, -0.1) is 11.3 Å².